The lowest BCUT2D eigenvalue weighted by molar-refractivity contribution is -0.139. The van der Waals surface area contributed by atoms with Crippen molar-refractivity contribution in [1.82, 2.24) is 10.2 Å². The molecule has 1 fully saturated rings. The molecule has 2 aromatic rings. The summed E-state index contributed by atoms with van der Waals surface area (Å²) in [6.07, 6.45) is 5.04. The zero-order chi connectivity index (χ0) is 24.9. The molecule has 0 spiro atoms. The maximum atomic E-state index is 13.5. The molecule has 7 nitrogen and oxygen atoms in total. The molecule has 0 heterocycles. The van der Waals surface area contributed by atoms with E-state index < -0.39 is 28.5 Å². The standard InChI is InChI=1S/C25H32ClN3O4S/c1-18-12-14-20(15-13-18)16-28(19(2)25(31)27-21-8-4-5-9-21)24(30)17-29(34(3,32)33)23-11-7-6-10-22(23)26/h6-7,10-15,19,21H,4-5,8-9,16-17H2,1-3H3,(H,27,31)/t19-/m1/s1. The summed E-state index contributed by atoms with van der Waals surface area (Å²) in [5.74, 6) is -0.726. The molecule has 0 aromatic heterocycles. The van der Waals surface area contributed by atoms with Gasteiger partial charge in [-0.25, -0.2) is 8.42 Å². The SMILES string of the molecule is Cc1ccc(CN(C(=O)CN(c2ccccc2Cl)S(C)(=O)=O)[C@H](C)C(=O)NC2CCCC2)cc1. The van der Waals surface area contributed by atoms with E-state index in [1.54, 1.807) is 31.2 Å². The maximum Gasteiger partial charge on any atom is 0.244 e. The fraction of sp³-hybridized carbons (Fsp3) is 0.440. The van der Waals surface area contributed by atoms with Crippen LogP contribution in [-0.2, 0) is 26.2 Å². The zero-order valence-corrected chi connectivity index (χ0v) is 21.4. The van der Waals surface area contributed by atoms with Crippen molar-refractivity contribution >= 4 is 39.1 Å². The molecule has 0 unspecified atom stereocenters. The van der Waals surface area contributed by atoms with Gasteiger partial charge in [0.15, 0.2) is 0 Å². The predicted molar refractivity (Wildman–Crippen MR) is 135 cm³/mol. The fourth-order valence-corrected chi connectivity index (χ4v) is 5.26. The highest BCUT2D eigenvalue weighted by Gasteiger charge is 2.31. The smallest absolute Gasteiger partial charge is 0.244 e. The summed E-state index contributed by atoms with van der Waals surface area (Å²) in [5.41, 5.74) is 2.15. The number of halogens is 1. The first-order chi connectivity index (χ1) is 16.1. The van der Waals surface area contributed by atoms with Gasteiger partial charge in [0.1, 0.15) is 12.6 Å². The van der Waals surface area contributed by atoms with Crippen molar-refractivity contribution in [3.63, 3.8) is 0 Å². The molecule has 0 bridgehead atoms. The third-order valence-electron chi connectivity index (χ3n) is 6.14. The number of rotatable bonds is 9. The molecule has 1 saturated carbocycles. The highest BCUT2D eigenvalue weighted by Crippen LogP contribution is 2.27. The van der Waals surface area contributed by atoms with Gasteiger partial charge in [0.2, 0.25) is 21.8 Å². The number of benzene rings is 2. The molecule has 1 N–H and O–H groups in total. The number of carbonyl (C=O) groups excluding carboxylic acids is 2. The van der Waals surface area contributed by atoms with Crippen LogP contribution >= 0.6 is 11.6 Å². The third kappa shape index (κ3) is 6.73. The van der Waals surface area contributed by atoms with E-state index in [0.29, 0.717) is 0 Å². The van der Waals surface area contributed by atoms with Crippen LogP contribution in [0, 0.1) is 6.92 Å². The zero-order valence-electron chi connectivity index (χ0n) is 19.8. The first kappa shape index (κ1) is 26.0. The second-order valence-electron chi connectivity index (χ2n) is 8.89. The highest BCUT2D eigenvalue weighted by atomic mass is 35.5. The average molecular weight is 506 g/mol. The Morgan fingerprint density at radius 3 is 2.29 bits per heavy atom. The van der Waals surface area contributed by atoms with Crippen LogP contribution in [-0.4, -0.2) is 50.0 Å². The quantitative estimate of drug-likeness (QED) is 0.560. The Labute approximate surface area is 207 Å². The Bertz CT molecular complexity index is 1120. The third-order valence-corrected chi connectivity index (χ3v) is 7.59. The number of hydrogen-bond acceptors (Lipinski definition) is 4. The minimum atomic E-state index is -3.81. The summed E-state index contributed by atoms with van der Waals surface area (Å²) in [6, 6.07) is 13.5. The molecule has 1 atom stereocenters. The minimum Gasteiger partial charge on any atom is -0.352 e. The van der Waals surface area contributed by atoms with Crippen molar-refractivity contribution in [3.8, 4) is 0 Å². The lowest BCUT2D eigenvalue weighted by Crippen LogP contribution is -2.52. The normalized spacial score (nSPS) is 15.1. The molecule has 9 heteroatoms. The van der Waals surface area contributed by atoms with E-state index >= 15 is 0 Å². The first-order valence-corrected chi connectivity index (χ1v) is 13.7. The van der Waals surface area contributed by atoms with Gasteiger partial charge in [-0.05, 0) is 44.4 Å². The molecule has 1 aliphatic rings. The van der Waals surface area contributed by atoms with E-state index in [9.17, 15) is 18.0 Å². The van der Waals surface area contributed by atoms with Crippen LogP contribution in [0.15, 0.2) is 48.5 Å². The van der Waals surface area contributed by atoms with E-state index in [1.807, 2.05) is 31.2 Å². The van der Waals surface area contributed by atoms with Crippen LogP contribution in [0.4, 0.5) is 5.69 Å². The van der Waals surface area contributed by atoms with Crippen LogP contribution in [0.1, 0.15) is 43.7 Å². The fourth-order valence-electron chi connectivity index (χ4n) is 4.11. The number of anilines is 1. The maximum absolute atomic E-state index is 13.5. The summed E-state index contributed by atoms with van der Waals surface area (Å²) in [6.45, 7) is 3.36. The van der Waals surface area contributed by atoms with Gasteiger partial charge in [-0.15, -0.1) is 0 Å². The lowest BCUT2D eigenvalue weighted by atomic mass is 10.1. The van der Waals surface area contributed by atoms with Crippen LogP contribution in [0.2, 0.25) is 5.02 Å². The van der Waals surface area contributed by atoms with Gasteiger partial charge in [-0.1, -0.05) is 66.4 Å². The first-order valence-electron chi connectivity index (χ1n) is 11.4. The summed E-state index contributed by atoms with van der Waals surface area (Å²) < 4.78 is 26.2. The number of nitrogens with one attached hydrogen (secondary N) is 1. The Hall–Kier alpha value is -2.58. The predicted octanol–water partition coefficient (Wildman–Crippen LogP) is 3.89. The summed E-state index contributed by atoms with van der Waals surface area (Å²) in [7, 11) is -3.81. The van der Waals surface area contributed by atoms with E-state index in [0.717, 1.165) is 47.4 Å². The molecular formula is C25H32ClN3O4S. The molecule has 0 aliphatic heterocycles. The monoisotopic (exact) mass is 505 g/mol. The Morgan fingerprint density at radius 2 is 1.71 bits per heavy atom. The van der Waals surface area contributed by atoms with Crippen molar-refractivity contribution in [1.29, 1.82) is 0 Å². The molecule has 0 saturated heterocycles. The number of hydrogen-bond donors (Lipinski definition) is 1. The molecule has 2 amide bonds. The number of nitrogens with zero attached hydrogens (tertiary/aromatic N) is 2. The molecule has 34 heavy (non-hydrogen) atoms. The van der Waals surface area contributed by atoms with Gasteiger partial charge in [0.05, 0.1) is 17.0 Å². The topological polar surface area (TPSA) is 86.8 Å². The van der Waals surface area contributed by atoms with Crippen molar-refractivity contribution in [2.75, 3.05) is 17.1 Å². The molecule has 184 valence electrons. The van der Waals surface area contributed by atoms with Crippen molar-refractivity contribution < 1.29 is 18.0 Å². The van der Waals surface area contributed by atoms with E-state index in [-0.39, 0.29) is 29.2 Å². The van der Waals surface area contributed by atoms with Crippen LogP contribution < -0.4 is 9.62 Å². The van der Waals surface area contributed by atoms with Crippen LogP contribution in [0.5, 0.6) is 0 Å². The second kappa shape index (κ2) is 11.2. The van der Waals surface area contributed by atoms with Gasteiger partial charge in [-0.3, -0.25) is 13.9 Å². The Balaban J connectivity index is 1.88. The molecule has 1 aliphatic carbocycles. The molecule has 0 radical (unpaired) electrons. The van der Waals surface area contributed by atoms with Crippen LogP contribution in [0.25, 0.3) is 0 Å². The number of para-hydroxylation sites is 1. The lowest BCUT2D eigenvalue weighted by Gasteiger charge is -2.32. The summed E-state index contributed by atoms with van der Waals surface area (Å²) in [4.78, 5) is 28.0. The molecular weight excluding hydrogens is 474 g/mol. The van der Waals surface area contributed by atoms with Crippen LogP contribution in [0.3, 0.4) is 0 Å². The van der Waals surface area contributed by atoms with Gasteiger partial charge in [0.25, 0.3) is 0 Å². The Kier molecular flexibility index (Phi) is 8.60. The number of amides is 2. The van der Waals surface area contributed by atoms with Gasteiger partial charge in [0, 0.05) is 12.6 Å². The second-order valence-corrected chi connectivity index (χ2v) is 11.2. The largest absolute Gasteiger partial charge is 0.352 e. The number of sulfonamides is 1. The summed E-state index contributed by atoms with van der Waals surface area (Å²) >= 11 is 6.25. The van der Waals surface area contributed by atoms with Crippen molar-refractivity contribution in [2.24, 2.45) is 0 Å². The molecule has 3 rings (SSSR count). The van der Waals surface area contributed by atoms with E-state index in [2.05, 4.69) is 5.32 Å². The van der Waals surface area contributed by atoms with Gasteiger partial charge >= 0.3 is 0 Å². The van der Waals surface area contributed by atoms with E-state index in [4.69, 9.17) is 11.6 Å². The van der Waals surface area contributed by atoms with E-state index in [1.165, 1.54) is 4.90 Å². The Morgan fingerprint density at radius 1 is 1.09 bits per heavy atom. The van der Waals surface area contributed by atoms with Gasteiger partial charge < -0.3 is 10.2 Å². The minimum absolute atomic E-state index is 0.113. The molecule has 2 aromatic carbocycles. The van der Waals surface area contributed by atoms with Crippen molar-refractivity contribution in [2.45, 2.75) is 58.2 Å². The number of aryl methyl sites for hydroxylation is 1. The summed E-state index contributed by atoms with van der Waals surface area (Å²) in [5, 5.41) is 3.27. The average Bonchev–Trinajstić information content (AvgIpc) is 3.29. The number of carbonyl (C=O) groups is 2. The van der Waals surface area contributed by atoms with Gasteiger partial charge in [-0.2, -0.15) is 0 Å². The van der Waals surface area contributed by atoms with Crippen molar-refractivity contribution in [3.05, 3.63) is 64.7 Å². The highest BCUT2D eigenvalue weighted by molar-refractivity contribution is 7.92.